The van der Waals surface area contributed by atoms with Crippen LogP contribution in [0.2, 0.25) is 0 Å². The lowest BCUT2D eigenvalue weighted by molar-refractivity contribution is -0.261. The van der Waals surface area contributed by atoms with Gasteiger partial charge in [0.05, 0.1) is 11.6 Å². The molecule has 6 rings (SSSR count). The zero-order valence-corrected chi connectivity index (χ0v) is 18.8. The van der Waals surface area contributed by atoms with Gasteiger partial charge in [0.25, 0.3) is 5.91 Å². The van der Waals surface area contributed by atoms with E-state index in [1.807, 2.05) is 0 Å². The van der Waals surface area contributed by atoms with Crippen LogP contribution in [0.4, 0.5) is 0 Å². The number of ether oxygens (including phenoxy) is 1. The number of benzene rings is 1. The van der Waals surface area contributed by atoms with E-state index in [2.05, 4.69) is 56.0 Å². The van der Waals surface area contributed by atoms with Gasteiger partial charge in [-0.2, -0.15) is 0 Å². The van der Waals surface area contributed by atoms with Gasteiger partial charge in [-0.3, -0.25) is 4.79 Å². The molecular weight excluding hydrogens is 370 g/mol. The molecule has 3 saturated carbocycles. The normalized spacial score (nSPS) is 44.5. The predicted octanol–water partition coefficient (Wildman–Crippen LogP) is 5.23. The van der Waals surface area contributed by atoms with E-state index in [-0.39, 0.29) is 17.7 Å². The first-order valence-electron chi connectivity index (χ1n) is 12.4. The molecular formula is C27H37NO2. The number of hydrogen-bond acceptors (Lipinski definition) is 2. The second kappa shape index (κ2) is 6.58. The Morgan fingerprint density at radius 1 is 1.00 bits per heavy atom. The van der Waals surface area contributed by atoms with Crippen molar-refractivity contribution in [1.82, 2.24) is 4.90 Å². The molecule has 2 aliphatic heterocycles. The van der Waals surface area contributed by atoms with E-state index in [0.717, 1.165) is 24.7 Å². The van der Waals surface area contributed by atoms with Crippen LogP contribution < -0.4 is 0 Å². The zero-order chi connectivity index (χ0) is 20.7. The molecule has 1 amide bonds. The first kappa shape index (κ1) is 19.3. The summed E-state index contributed by atoms with van der Waals surface area (Å²) in [5.74, 6) is 2.99. The van der Waals surface area contributed by atoms with Crippen LogP contribution in [0.1, 0.15) is 71.3 Å². The highest BCUT2D eigenvalue weighted by Crippen LogP contribution is 2.70. The minimum absolute atomic E-state index is 0.135. The second-order valence-electron chi connectivity index (χ2n) is 11.8. The molecule has 30 heavy (non-hydrogen) atoms. The summed E-state index contributed by atoms with van der Waals surface area (Å²) in [5.41, 5.74) is 1.74. The number of β-lactam (4-membered cyclic amide) rings is 1. The summed E-state index contributed by atoms with van der Waals surface area (Å²) in [6.07, 6.45) is 9.56. The van der Waals surface area contributed by atoms with E-state index >= 15 is 0 Å². The fourth-order valence-electron chi connectivity index (χ4n) is 8.12. The van der Waals surface area contributed by atoms with Crippen LogP contribution in [0.5, 0.6) is 0 Å². The molecule has 0 spiro atoms. The first-order valence-corrected chi connectivity index (χ1v) is 12.4. The van der Waals surface area contributed by atoms with Gasteiger partial charge in [-0.05, 0) is 73.7 Å². The van der Waals surface area contributed by atoms with Crippen LogP contribution in [0.15, 0.2) is 30.3 Å². The molecule has 0 bridgehead atoms. The Morgan fingerprint density at radius 2 is 1.73 bits per heavy atom. The number of nitrogens with zero attached hydrogens (tertiary/aromatic N) is 1. The third-order valence-corrected chi connectivity index (χ3v) is 9.97. The molecule has 0 aromatic heterocycles. The molecule has 5 aliphatic rings. The molecule has 3 nitrogen and oxygen atoms in total. The van der Waals surface area contributed by atoms with Crippen LogP contribution in [-0.2, 0) is 16.0 Å². The predicted molar refractivity (Wildman–Crippen MR) is 118 cm³/mol. The molecule has 3 aliphatic carbocycles. The van der Waals surface area contributed by atoms with Gasteiger partial charge in [-0.25, -0.2) is 0 Å². The molecule has 7 atom stereocenters. The van der Waals surface area contributed by atoms with Crippen LogP contribution >= 0.6 is 0 Å². The number of likely N-dealkylation sites (tertiary alicyclic amines) is 1. The molecule has 0 N–H and O–H groups in total. The van der Waals surface area contributed by atoms with Gasteiger partial charge >= 0.3 is 0 Å². The Hall–Kier alpha value is -1.35. The third kappa shape index (κ3) is 2.70. The lowest BCUT2D eigenvalue weighted by Crippen LogP contribution is -2.77. The number of carbonyl (C=O) groups excluding carboxylic acids is 1. The maximum absolute atomic E-state index is 13.3. The van der Waals surface area contributed by atoms with E-state index in [9.17, 15) is 4.79 Å². The third-order valence-electron chi connectivity index (χ3n) is 9.97. The van der Waals surface area contributed by atoms with E-state index in [1.54, 1.807) is 0 Å². The van der Waals surface area contributed by atoms with Crippen molar-refractivity contribution in [2.24, 2.45) is 29.1 Å². The SMILES string of the molecule is CC1(C)[C@@H]2C[C@@H]3[C@@H](Cc4ccccc4)[C@H]4[C@@H](O[C@]3(C)C[C@@H]21)C(=O)N4C1CCCCC1. The smallest absolute Gasteiger partial charge is 0.254 e. The van der Waals surface area contributed by atoms with Crippen molar-refractivity contribution in [2.45, 2.75) is 95.9 Å². The lowest BCUT2D eigenvalue weighted by Gasteiger charge is -2.63. The summed E-state index contributed by atoms with van der Waals surface area (Å²) in [5, 5.41) is 0. The second-order valence-corrected chi connectivity index (χ2v) is 11.8. The monoisotopic (exact) mass is 407 g/mol. The Bertz CT molecular complexity index is 829. The Balaban J connectivity index is 1.35. The standard InChI is InChI=1S/C27H37NO2/c1-26(2)21-15-20-19(14-17-10-6-4-7-11-17)23-24(30-27(20,3)16-22(21)26)25(29)28(23)18-12-8-5-9-13-18/h4,6-7,10-11,18-24H,5,8-9,12-16H2,1-3H3/t19-,20-,21-,22+,23+,24-,27-/m1/s1. The maximum atomic E-state index is 13.3. The zero-order valence-electron chi connectivity index (χ0n) is 18.8. The summed E-state index contributed by atoms with van der Waals surface area (Å²) < 4.78 is 6.78. The molecule has 1 aromatic carbocycles. The van der Waals surface area contributed by atoms with Crippen molar-refractivity contribution in [3.05, 3.63) is 35.9 Å². The van der Waals surface area contributed by atoms with E-state index < -0.39 is 0 Å². The quantitative estimate of drug-likeness (QED) is 0.642. The maximum Gasteiger partial charge on any atom is 0.254 e. The minimum atomic E-state index is -0.194. The fourth-order valence-corrected chi connectivity index (χ4v) is 8.12. The van der Waals surface area contributed by atoms with E-state index in [0.29, 0.717) is 29.2 Å². The molecule has 0 radical (unpaired) electrons. The number of hydrogen-bond donors (Lipinski definition) is 0. The van der Waals surface area contributed by atoms with Crippen molar-refractivity contribution in [2.75, 3.05) is 0 Å². The largest absolute Gasteiger partial charge is 0.360 e. The van der Waals surface area contributed by atoms with Gasteiger partial charge in [-0.1, -0.05) is 63.4 Å². The average Bonchev–Trinajstić information content (AvgIpc) is 3.27. The molecule has 2 heterocycles. The molecule has 2 saturated heterocycles. The van der Waals surface area contributed by atoms with Crippen LogP contribution in [0.3, 0.4) is 0 Å². The van der Waals surface area contributed by atoms with Crippen molar-refractivity contribution in [1.29, 1.82) is 0 Å². The minimum Gasteiger partial charge on any atom is -0.360 e. The van der Waals surface area contributed by atoms with Crippen LogP contribution in [0, 0.1) is 29.1 Å². The summed E-state index contributed by atoms with van der Waals surface area (Å²) in [4.78, 5) is 15.6. The highest BCUT2D eigenvalue weighted by atomic mass is 16.5. The summed E-state index contributed by atoms with van der Waals surface area (Å²) in [6, 6.07) is 11.7. The topological polar surface area (TPSA) is 29.5 Å². The van der Waals surface area contributed by atoms with Crippen molar-refractivity contribution >= 4 is 5.91 Å². The van der Waals surface area contributed by atoms with Crippen molar-refractivity contribution in [3.8, 4) is 0 Å². The fraction of sp³-hybridized carbons (Fsp3) is 0.741. The van der Waals surface area contributed by atoms with Gasteiger partial charge in [0.15, 0.2) is 6.10 Å². The number of fused-ring (bicyclic) bond motifs is 3. The van der Waals surface area contributed by atoms with E-state index in [4.69, 9.17) is 4.74 Å². The van der Waals surface area contributed by atoms with Crippen LogP contribution in [0.25, 0.3) is 0 Å². The highest BCUT2D eigenvalue weighted by molar-refractivity contribution is 5.89. The Kier molecular flexibility index (Phi) is 4.24. The highest BCUT2D eigenvalue weighted by Gasteiger charge is 2.70. The Labute approximate surface area is 181 Å². The molecule has 0 unspecified atom stereocenters. The summed E-state index contributed by atoms with van der Waals surface area (Å²) in [6.45, 7) is 7.24. The van der Waals surface area contributed by atoms with Crippen molar-refractivity contribution in [3.63, 3.8) is 0 Å². The number of carbonyl (C=O) groups is 1. The van der Waals surface area contributed by atoms with Crippen LogP contribution in [-0.4, -0.2) is 34.6 Å². The van der Waals surface area contributed by atoms with Gasteiger partial charge in [0.2, 0.25) is 0 Å². The Morgan fingerprint density at radius 3 is 2.47 bits per heavy atom. The van der Waals surface area contributed by atoms with Gasteiger partial charge in [0, 0.05) is 6.04 Å². The van der Waals surface area contributed by atoms with Gasteiger partial charge < -0.3 is 9.64 Å². The van der Waals surface area contributed by atoms with Crippen molar-refractivity contribution < 1.29 is 9.53 Å². The molecule has 3 heteroatoms. The lowest BCUT2D eigenvalue weighted by atomic mass is 9.61. The first-order chi connectivity index (χ1) is 14.4. The molecule has 1 aromatic rings. The van der Waals surface area contributed by atoms with Gasteiger partial charge in [-0.15, -0.1) is 0 Å². The number of amides is 1. The van der Waals surface area contributed by atoms with E-state index in [1.165, 1.54) is 44.1 Å². The molecule has 5 fully saturated rings. The summed E-state index contributed by atoms with van der Waals surface area (Å²) in [7, 11) is 0. The van der Waals surface area contributed by atoms with Gasteiger partial charge in [0.1, 0.15) is 0 Å². The average molecular weight is 408 g/mol. The number of rotatable bonds is 3. The molecule has 162 valence electrons. The summed E-state index contributed by atoms with van der Waals surface area (Å²) >= 11 is 0.